The van der Waals surface area contributed by atoms with E-state index in [0.717, 1.165) is 24.2 Å². The van der Waals surface area contributed by atoms with Crippen molar-refractivity contribution in [1.82, 2.24) is 15.1 Å². The van der Waals surface area contributed by atoms with Gasteiger partial charge < -0.3 is 5.32 Å². The Morgan fingerprint density at radius 3 is 2.83 bits per heavy atom. The number of aromatic nitrogens is 2. The van der Waals surface area contributed by atoms with Crippen molar-refractivity contribution in [2.24, 2.45) is 7.05 Å². The lowest BCUT2D eigenvalue weighted by Gasteiger charge is -2.19. The van der Waals surface area contributed by atoms with Gasteiger partial charge in [0.05, 0.1) is 11.7 Å². The van der Waals surface area contributed by atoms with E-state index in [1.165, 1.54) is 6.07 Å². The van der Waals surface area contributed by atoms with Crippen LogP contribution < -0.4 is 5.32 Å². The fraction of sp³-hybridized carbons (Fsp3) is 0.357. The number of hydrogen-bond acceptors (Lipinski definition) is 2. The van der Waals surface area contributed by atoms with E-state index in [4.69, 9.17) is 0 Å². The number of nitrogens with zero attached hydrogens (tertiary/aromatic N) is 2. The van der Waals surface area contributed by atoms with Crippen LogP contribution in [0.25, 0.3) is 0 Å². The molecular formula is C14H18FN3. The second kappa shape index (κ2) is 5.78. The Hall–Kier alpha value is -1.68. The van der Waals surface area contributed by atoms with Crippen molar-refractivity contribution < 1.29 is 4.39 Å². The Morgan fingerprint density at radius 2 is 2.22 bits per heavy atom. The maximum absolute atomic E-state index is 13.3. The summed E-state index contributed by atoms with van der Waals surface area (Å²) in [5.74, 6) is -0.210. The fourth-order valence-electron chi connectivity index (χ4n) is 2.04. The van der Waals surface area contributed by atoms with E-state index in [0.29, 0.717) is 0 Å². The minimum absolute atomic E-state index is 0.0202. The van der Waals surface area contributed by atoms with Gasteiger partial charge in [-0.05, 0) is 36.7 Å². The molecule has 0 spiro atoms. The van der Waals surface area contributed by atoms with E-state index in [1.807, 2.05) is 23.9 Å². The van der Waals surface area contributed by atoms with Gasteiger partial charge in [0.15, 0.2) is 0 Å². The molecule has 2 aromatic rings. The molecule has 1 aromatic carbocycles. The highest BCUT2D eigenvalue weighted by Crippen LogP contribution is 2.22. The summed E-state index contributed by atoms with van der Waals surface area (Å²) in [6, 6.07) is 8.64. The molecule has 0 saturated heterocycles. The Bertz CT molecular complexity index is 507. The van der Waals surface area contributed by atoms with Gasteiger partial charge in [0.2, 0.25) is 0 Å². The summed E-state index contributed by atoms with van der Waals surface area (Å²) in [5, 5.41) is 7.61. The Balaban J connectivity index is 2.33. The lowest BCUT2D eigenvalue weighted by Crippen LogP contribution is -2.25. The Labute approximate surface area is 107 Å². The summed E-state index contributed by atoms with van der Waals surface area (Å²) in [6.07, 6.45) is 2.79. The summed E-state index contributed by atoms with van der Waals surface area (Å²) in [6.45, 7) is 2.99. The lowest BCUT2D eigenvalue weighted by atomic mass is 10.0. The van der Waals surface area contributed by atoms with Gasteiger partial charge in [0.1, 0.15) is 5.82 Å². The largest absolute Gasteiger partial charge is 0.305 e. The molecule has 0 aliphatic rings. The smallest absolute Gasteiger partial charge is 0.123 e. The normalized spacial score (nSPS) is 12.6. The molecule has 1 heterocycles. The van der Waals surface area contributed by atoms with Crippen molar-refractivity contribution in [3.8, 4) is 0 Å². The lowest BCUT2D eigenvalue weighted by molar-refractivity contribution is 0.548. The van der Waals surface area contributed by atoms with Crippen LogP contribution in [0.15, 0.2) is 36.5 Å². The predicted molar refractivity (Wildman–Crippen MR) is 69.7 cm³/mol. The summed E-state index contributed by atoms with van der Waals surface area (Å²) in [4.78, 5) is 0. The molecule has 3 nitrogen and oxygen atoms in total. The molecule has 1 atom stereocenters. The predicted octanol–water partition coefficient (Wildman–Crippen LogP) is 2.65. The van der Waals surface area contributed by atoms with E-state index in [9.17, 15) is 4.39 Å². The van der Waals surface area contributed by atoms with Gasteiger partial charge in [-0.15, -0.1) is 0 Å². The molecule has 0 radical (unpaired) electrons. The first-order valence-electron chi connectivity index (χ1n) is 6.19. The Morgan fingerprint density at radius 1 is 1.39 bits per heavy atom. The summed E-state index contributed by atoms with van der Waals surface area (Å²) in [5.41, 5.74) is 1.96. The average Bonchev–Trinajstić information content (AvgIpc) is 2.77. The van der Waals surface area contributed by atoms with Crippen LogP contribution in [-0.4, -0.2) is 16.3 Å². The molecule has 18 heavy (non-hydrogen) atoms. The highest BCUT2D eigenvalue weighted by Gasteiger charge is 2.16. The third-order valence-corrected chi connectivity index (χ3v) is 2.94. The fourth-order valence-corrected chi connectivity index (χ4v) is 2.04. The number of benzene rings is 1. The monoisotopic (exact) mass is 247 g/mol. The summed E-state index contributed by atoms with van der Waals surface area (Å²) < 4.78 is 15.2. The molecule has 0 aliphatic heterocycles. The van der Waals surface area contributed by atoms with Crippen LogP contribution in [0.4, 0.5) is 4.39 Å². The van der Waals surface area contributed by atoms with Crippen LogP contribution in [0.5, 0.6) is 0 Å². The topological polar surface area (TPSA) is 29.9 Å². The first kappa shape index (κ1) is 12.8. The minimum atomic E-state index is -0.210. The molecule has 1 aromatic heterocycles. The quantitative estimate of drug-likeness (QED) is 0.880. The van der Waals surface area contributed by atoms with Gasteiger partial charge in [-0.3, -0.25) is 4.68 Å². The van der Waals surface area contributed by atoms with Crippen LogP contribution in [0.1, 0.15) is 30.6 Å². The Kier molecular flexibility index (Phi) is 4.10. The highest BCUT2D eigenvalue weighted by atomic mass is 19.1. The van der Waals surface area contributed by atoms with Gasteiger partial charge >= 0.3 is 0 Å². The third-order valence-electron chi connectivity index (χ3n) is 2.94. The second-order valence-electron chi connectivity index (χ2n) is 4.32. The second-order valence-corrected chi connectivity index (χ2v) is 4.32. The number of nitrogens with one attached hydrogen (secondary N) is 1. The molecule has 1 N–H and O–H groups in total. The van der Waals surface area contributed by atoms with Crippen LogP contribution in [-0.2, 0) is 7.05 Å². The van der Waals surface area contributed by atoms with Crippen molar-refractivity contribution in [2.75, 3.05) is 6.54 Å². The molecule has 4 heteroatoms. The van der Waals surface area contributed by atoms with Crippen molar-refractivity contribution in [1.29, 1.82) is 0 Å². The summed E-state index contributed by atoms with van der Waals surface area (Å²) >= 11 is 0. The third kappa shape index (κ3) is 2.76. The zero-order valence-electron chi connectivity index (χ0n) is 10.7. The molecule has 2 rings (SSSR count). The van der Waals surface area contributed by atoms with Gasteiger partial charge in [-0.25, -0.2) is 4.39 Å². The van der Waals surface area contributed by atoms with Gasteiger partial charge in [0, 0.05) is 13.2 Å². The van der Waals surface area contributed by atoms with E-state index < -0.39 is 0 Å². The summed E-state index contributed by atoms with van der Waals surface area (Å²) in [7, 11) is 1.90. The molecule has 0 aliphatic carbocycles. The van der Waals surface area contributed by atoms with Crippen molar-refractivity contribution in [3.63, 3.8) is 0 Å². The molecule has 0 fully saturated rings. The van der Waals surface area contributed by atoms with E-state index in [-0.39, 0.29) is 11.9 Å². The van der Waals surface area contributed by atoms with E-state index >= 15 is 0 Å². The molecule has 0 saturated carbocycles. The first-order valence-corrected chi connectivity index (χ1v) is 6.19. The minimum Gasteiger partial charge on any atom is -0.305 e. The molecule has 0 bridgehead atoms. The van der Waals surface area contributed by atoms with Crippen molar-refractivity contribution >= 4 is 0 Å². The molecular weight excluding hydrogens is 229 g/mol. The van der Waals surface area contributed by atoms with Gasteiger partial charge in [0.25, 0.3) is 0 Å². The van der Waals surface area contributed by atoms with E-state index in [2.05, 4.69) is 17.3 Å². The molecule has 0 amide bonds. The number of aryl methyl sites for hydroxylation is 1. The zero-order valence-corrected chi connectivity index (χ0v) is 10.7. The van der Waals surface area contributed by atoms with Crippen LogP contribution in [0, 0.1) is 5.82 Å². The van der Waals surface area contributed by atoms with E-state index in [1.54, 1.807) is 18.3 Å². The van der Waals surface area contributed by atoms with Gasteiger partial charge in [-0.2, -0.15) is 5.10 Å². The number of halogens is 1. The van der Waals surface area contributed by atoms with Gasteiger partial charge in [-0.1, -0.05) is 19.1 Å². The standard InChI is InChI=1S/C14H18FN3/c1-3-8-16-14(13-7-9-17-18(13)2)11-5-4-6-12(15)10-11/h4-7,9-10,14,16H,3,8H2,1-2H3. The molecule has 1 unspecified atom stereocenters. The van der Waals surface area contributed by atoms with Crippen molar-refractivity contribution in [2.45, 2.75) is 19.4 Å². The zero-order chi connectivity index (χ0) is 13.0. The van der Waals surface area contributed by atoms with Crippen LogP contribution in [0.3, 0.4) is 0 Å². The van der Waals surface area contributed by atoms with Crippen LogP contribution >= 0.6 is 0 Å². The maximum Gasteiger partial charge on any atom is 0.123 e. The first-order chi connectivity index (χ1) is 8.72. The SMILES string of the molecule is CCCNC(c1cccc(F)c1)c1ccnn1C. The number of hydrogen-bond donors (Lipinski definition) is 1. The highest BCUT2D eigenvalue weighted by molar-refractivity contribution is 5.28. The maximum atomic E-state index is 13.3. The number of rotatable bonds is 5. The van der Waals surface area contributed by atoms with Crippen LogP contribution in [0.2, 0.25) is 0 Å². The average molecular weight is 247 g/mol. The van der Waals surface area contributed by atoms with Crippen molar-refractivity contribution in [3.05, 3.63) is 53.6 Å². The molecule has 96 valence electrons.